The normalized spacial score (nSPS) is 11.8. The number of rotatable bonds is 6. The van der Waals surface area contributed by atoms with E-state index in [1.54, 1.807) is 42.5 Å². The second-order valence-corrected chi connectivity index (χ2v) is 6.62. The third-order valence-electron chi connectivity index (χ3n) is 3.45. The number of carbonyl (C=O) groups excluding carboxylic acids is 2. The number of hydrogen-bond acceptors (Lipinski definition) is 4. The largest absolute Gasteiger partial charge is 0.450 e. The van der Waals surface area contributed by atoms with Gasteiger partial charge in [-0.1, -0.05) is 26.0 Å². The van der Waals surface area contributed by atoms with Gasteiger partial charge in [-0.05, 0) is 42.5 Å². The predicted octanol–water partition coefficient (Wildman–Crippen LogP) is 4.44. The van der Waals surface area contributed by atoms with Gasteiger partial charge >= 0.3 is 6.09 Å². The van der Waals surface area contributed by atoms with Crippen molar-refractivity contribution in [2.45, 2.75) is 26.8 Å². The minimum absolute atomic E-state index is 0.0424. The standard InChI is InChI=1S/C18H22N2O3S/c1-4-23-18(22)19-14-8-5-7-13(11-14)17(21)20-16(12(2)3)15-9-6-10-24-15/h5-12,16H,4H2,1-3H3,(H,19,22)(H,20,21)/t16-/m0/s1. The third kappa shape index (κ3) is 4.83. The Balaban J connectivity index is 2.10. The van der Waals surface area contributed by atoms with E-state index in [4.69, 9.17) is 4.74 Å². The fraction of sp³-hybridized carbons (Fsp3) is 0.333. The summed E-state index contributed by atoms with van der Waals surface area (Å²) >= 11 is 1.63. The predicted molar refractivity (Wildman–Crippen MR) is 96.5 cm³/mol. The third-order valence-corrected chi connectivity index (χ3v) is 4.40. The molecule has 0 aliphatic rings. The molecule has 2 rings (SSSR count). The Hall–Kier alpha value is -2.34. The molecule has 0 unspecified atom stereocenters. The van der Waals surface area contributed by atoms with Crippen molar-refractivity contribution in [2.24, 2.45) is 5.92 Å². The first kappa shape index (κ1) is 18.0. The van der Waals surface area contributed by atoms with Crippen molar-refractivity contribution in [3.05, 3.63) is 52.2 Å². The molecule has 2 N–H and O–H groups in total. The first-order valence-corrected chi connectivity index (χ1v) is 8.77. The average Bonchev–Trinajstić information content (AvgIpc) is 3.06. The number of amides is 2. The molecule has 5 nitrogen and oxygen atoms in total. The first-order chi connectivity index (χ1) is 11.5. The number of anilines is 1. The molecule has 1 heterocycles. The van der Waals surface area contributed by atoms with Crippen LogP contribution in [0.25, 0.3) is 0 Å². The monoisotopic (exact) mass is 346 g/mol. The van der Waals surface area contributed by atoms with Crippen LogP contribution in [0.5, 0.6) is 0 Å². The lowest BCUT2D eigenvalue weighted by Crippen LogP contribution is -2.31. The quantitative estimate of drug-likeness (QED) is 0.812. The number of thiophene rings is 1. The SMILES string of the molecule is CCOC(=O)Nc1cccc(C(=O)N[C@H](c2cccs2)C(C)C)c1. The van der Waals surface area contributed by atoms with Crippen LogP contribution in [-0.2, 0) is 4.74 Å². The van der Waals surface area contributed by atoms with Crippen LogP contribution >= 0.6 is 11.3 Å². The van der Waals surface area contributed by atoms with Gasteiger partial charge in [0.1, 0.15) is 0 Å². The Labute approximate surface area is 146 Å². The molecule has 6 heteroatoms. The highest BCUT2D eigenvalue weighted by atomic mass is 32.1. The smallest absolute Gasteiger partial charge is 0.411 e. The van der Waals surface area contributed by atoms with E-state index in [2.05, 4.69) is 24.5 Å². The highest BCUT2D eigenvalue weighted by molar-refractivity contribution is 7.10. The Morgan fingerprint density at radius 3 is 2.62 bits per heavy atom. The molecular weight excluding hydrogens is 324 g/mol. The van der Waals surface area contributed by atoms with Crippen molar-refractivity contribution >= 4 is 29.0 Å². The van der Waals surface area contributed by atoms with Crippen molar-refractivity contribution in [2.75, 3.05) is 11.9 Å². The van der Waals surface area contributed by atoms with Crippen LogP contribution in [-0.4, -0.2) is 18.6 Å². The lowest BCUT2D eigenvalue weighted by Gasteiger charge is -2.21. The lowest BCUT2D eigenvalue weighted by atomic mass is 10.0. The van der Waals surface area contributed by atoms with Crippen molar-refractivity contribution in [3.8, 4) is 0 Å². The highest BCUT2D eigenvalue weighted by Crippen LogP contribution is 2.26. The highest BCUT2D eigenvalue weighted by Gasteiger charge is 2.20. The summed E-state index contributed by atoms with van der Waals surface area (Å²) in [5, 5.41) is 7.67. The van der Waals surface area contributed by atoms with Gasteiger partial charge in [-0.3, -0.25) is 10.1 Å². The number of benzene rings is 1. The Morgan fingerprint density at radius 2 is 2.00 bits per heavy atom. The van der Waals surface area contributed by atoms with Gasteiger partial charge in [0.25, 0.3) is 5.91 Å². The van der Waals surface area contributed by atoms with Crippen LogP contribution in [0.15, 0.2) is 41.8 Å². The molecule has 2 aromatic rings. The van der Waals surface area contributed by atoms with Gasteiger partial charge in [0, 0.05) is 16.1 Å². The zero-order chi connectivity index (χ0) is 17.5. The Bertz CT molecular complexity index is 683. The van der Waals surface area contributed by atoms with Gasteiger partial charge in [0.2, 0.25) is 0 Å². The summed E-state index contributed by atoms with van der Waals surface area (Å²) in [7, 11) is 0. The minimum atomic E-state index is -0.534. The van der Waals surface area contributed by atoms with Crippen LogP contribution in [0.2, 0.25) is 0 Å². The molecule has 0 bridgehead atoms. The second kappa shape index (κ2) is 8.49. The summed E-state index contributed by atoms with van der Waals surface area (Å²) in [4.78, 5) is 25.2. The molecule has 24 heavy (non-hydrogen) atoms. The molecule has 1 aromatic heterocycles. The summed E-state index contributed by atoms with van der Waals surface area (Å²) in [5.41, 5.74) is 1.02. The van der Waals surface area contributed by atoms with E-state index < -0.39 is 6.09 Å². The van der Waals surface area contributed by atoms with Crippen molar-refractivity contribution in [1.29, 1.82) is 0 Å². The Kier molecular flexibility index (Phi) is 6.37. The molecule has 2 amide bonds. The summed E-state index contributed by atoms with van der Waals surface area (Å²) in [5.74, 6) is 0.100. The van der Waals surface area contributed by atoms with Gasteiger partial charge < -0.3 is 10.1 Å². The lowest BCUT2D eigenvalue weighted by molar-refractivity contribution is 0.0926. The van der Waals surface area contributed by atoms with E-state index >= 15 is 0 Å². The van der Waals surface area contributed by atoms with E-state index in [0.717, 1.165) is 4.88 Å². The number of hydrogen-bond donors (Lipinski definition) is 2. The zero-order valence-electron chi connectivity index (χ0n) is 14.0. The summed E-state index contributed by atoms with van der Waals surface area (Å²) < 4.78 is 4.84. The maximum Gasteiger partial charge on any atom is 0.411 e. The minimum Gasteiger partial charge on any atom is -0.450 e. The molecule has 128 valence electrons. The molecule has 0 fully saturated rings. The van der Waals surface area contributed by atoms with Crippen molar-refractivity contribution in [1.82, 2.24) is 5.32 Å². The summed E-state index contributed by atoms with van der Waals surface area (Å²) in [6.45, 7) is 6.18. The van der Waals surface area contributed by atoms with E-state index in [9.17, 15) is 9.59 Å². The summed E-state index contributed by atoms with van der Waals surface area (Å²) in [6.07, 6.45) is -0.534. The number of carbonyl (C=O) groups is 2. The van der Waals surface area contributed by atoms with Crippen LogP contribution in [0.4, 0.5) is 10.5 Å². The molecule has 0 radical (unpaired) electrons. The maximum absolute atomic E-state index is 12.6. The van der Waals surface area contributed by atoms with Gasteiger partial charge in [0.15, 0.2) is 0 Å². The van der Waals surface area contributed by atoms with Gasteiger partial charge in [-0.25, -0.2) is 4.79 Å². The van der Waals surface area contributed by atoms with Crippen LogP contribution in [0.3, 0.4) is 0 Å². The topological polar surface area (TPSA) is 67.4 Å². The molecule has 0 saturated heterocycles. The molecule has 0 saturated carbocycles. The van der Waals surface area contributed by atoms with Crippen LogP contribution in [0.1, 0.15) is 42.0 Å². The van der Waals surface area contributed by atoms with Crippen molar-refractivity contribution < 1.29 is 14.3 Å². The van der Waals surface area contributed by atoms with Gasteiger partial charge in [-0.15, -0.1) is 11.3 Å². The average molecular weight is 346 g/mol. The zero-order valence-corrected chi connectivity index (χ0v) is 14.9. The van der Waals surface area contributed by atoms with Gasteiger partial charge in [-0.2, -0.15) is 0 Å². The molecule has 0 spiro atoms. The Morgan fingerprint density at radius 1 is 1.21 bits per heavy atom. The molecular formula is C18H22N2O3S. The van der Waals surface area contributed by atoms with E-state index in [1.165, 1.54) is 0 Å². The number of ether oxygens (including phenoxy) is 1. The van der Waals surface area contributed by atoms with E-state index in [-0.39, 0.29) is 17.9 Å². The number of nitrogens with one attached hydrogen (secondary N) is 2. The summed E-state index contributed by atoms with van der Waals surface area (Å²) in [6, 6.07) is 10.8. The second-order valence-electron chi connectivity index (χ2n) is 5.64. The fourth-order valence-corrected chi connectivity index (χ4v) is 3.23. The van der Waals surface area contributed by atoms with Crippen LogP contribution < -0.4 is 10.6 Å². The maximum atomic E-state index is 12.6. The molecule has 1 aromatic carbocycles. The van der Waals surface area contributed by atoms with E-state index in [0.29, 0.717) is 17.9 Å². The van der Waals surface area contributed by atoms with Gasteiger partial charge in [0.05, 0.1) is 12.6 Å². The first-order valence-electron chi connectivity index (χ1n) is 7.89. The molecule has 0 aliphatic carbocycles. The molecule has 1 atom stereocenters. The van der Waals surface area contributed by atoms with Crippen LogP contribution in [0, 0.1) is 5.92 Å². The fourth-order valence-electron chi connectivity index (χ4n) is 2.28. The molecule has 0 aliphatic heterocycles. The van der Waals surface area contributed by atoms with Crippen molar-refractivity contribution in [3.63, 3.8) is 0 Å². The van der Waals surface area contributed by atoms with E-state index in [1.807, 2.05) is 17.5 Å².